The van der Waals surface area contributed by atoms with Crippen LogP contribution in [-0.2, 0) is 32.7 Å². The van der Waals surface area contributed by atoms with E-state index in [4.69, 9.17) is 15.0 Å². The van der Waals surface area contributed by atoms with Gasteiger partial charge in [0.25, 0.3) is 0 Å². The molecule has 31 valence electrons. The quantitative estimate of drug-likeness (QED) is 0.535. The van der Waals surface area contributed by atoms with Crippen molar-refractivity contribution < 1.29 is 50.6 Å². The standard InChI is InChI=1S/CH2O3.Ca.Y.2H/c2-1(3)4;;;;/h(H2,2,3,4);;;;/q;+2;;2*-1. The predicted molar refractivity (Wildman–Crippen MR) is 18.6 cm³/mol. The molecule has 1 radical (unpaired) electrons. The Hall–Kier alpha value is 1.63. The molecule has 6 heavy (non-hydrogen) atoms. The van der Waals surface area contributed by atoms with E-state index in [9.17, 15) is 0 Å². The van der Waals surface area contributed by atoms with E-state index >= 15 is 0 Å². The molecule has 0 aromatic heterocycles. The van der Waals surface area contributed by atoms with Crippen molar-refractivity contribution in [2.45, 2.75) is 0 Å². The van der Waals surface area contributed by atoms with Crippen molar-refractivity contribution >= 4 is 43.9 Å². The molecule has 0 amide bonds. The summed E-state index contributed by atoms with van der Waals surface area (Å²) in [4.78, 5) is 8.56. The van der Waals surface area contributed by atoms with Crippen LogP contribution in [0, 0.1) is 0 Å². The summed E-state index contributed by atoms with van der Waals surface area (Å²) in [5, 5.41) is 13.9. The Labute approximate surface area is 93.0 Å². The van der Waals surface area contributed by atoms with Gasteiger partial charge in [-0.05, 0) is 0 Å². The van der Waals surface area contributed by atoms with Crippen molar-refractivity contribution in [1.29, 1.82) is 0 Å². The van der Waals surface area contributed by atoms with Gasteiger partial charge in [-0.1, -0.05) is 0 Å². The van der Waals surface area contributed by atoms with Gasteiger partial charge in [0.2, 0.25) is 0 Å². The van der Waals surface area contributed by atoms with Gasteiger partial charge in [-0.3, -0.25) is 0 Å². The molecule has 0 bridgehead atoms. The van der Waals surface area contributed by atoms with Crippen LogP contribution in [0.4, 0.5) is 4.79 Å². The van der Waals surface area contributed by atoms with Gasteiger partial charge >= 0.3 is 43.9 Å². The van der Waals surface area contributed by atoms with Gasteiger partial charge in [-0.15, -0.1) is 0 Å². The smallest absolute Gasteiger partial charge is 1.00 e. The van der Waals surface area contributed by atoms with Crippen molar-refractivity contribution in [3.63, 3.8) is 0 Å². The molecular weight excluding hydrogens is 189 g/mol. The number of rotatable bonds is 0. The maximum Gasteiger partial charge on any atom is 2.00 e. The SMILES string of the molecule is O=C(O)O.[Ca+2].[H-].[H-].[Y]. The predicted octanol–water partition coefficient (Wildman–Crippen LogP) is 0.0641. The molecule has 0 saturated carbocycles. The van der Waals surface area contributed by atoms with Crippen LogP contribution in [0.5, 0.6) is 0 Å². The third kappa shape index (κ3) is 45.3. The van der Waals surface area contributed by atoms with Crippen molar-refractivity contribution in [2.75, 3.05) is 0 Å². The Morgan fingerprint density at radius 3 is 1.50 bits per heavy atom. The average molecular weight is 193 g/mol. The van der Waals surface area contributed by atoms with E-state index in [1.165, 1.54) is 0 Å². The van der Waals surface area contributed by atoms with E-state index < -0.39 is 6.16 Å². The zero-order chi connectivity index (χ0) is 3.58. The van der Waals surface area contributed by atoms with Gasteiger partial charge in [0.15, 0.2) is 0 Å². The van der Waals surface area contributed by atoms with Gasteiger partial charge in [-0.25, -0.2) is 4.79 Å². The zero-order valence-corrected chi connectivity index (χ0v) is 8.13. The third-order valence-corrected chi connectivity index (χ3v) is 0. The molecule has 0 saturated heterocycles. The summed E-state index contributed by atoms with van der Waals surface area (Å²) in [6.45, 7) is 0. The van der Waals surface area contributed by atoms with Gasteiger partial charge in [-0.2, -0.15) is 0 Å². The first-order valence-corrected chi connectivity index (χ1v) is 0.651. The second-order valence-corrected chi connectivity index (χ2v) is 0.283. The number of hydrogen-bond acceptors (Lipinski definition) is 1. The molecule has 2 N–H and O–H groups in total. The Morgan fingerprint density at radius 2 is 1.50 bits per heavy atom. The molecule has 0 aromatic rings. The second-order valence-electron chi connectivity index (χ2n) is 0.283. The molecule has 3 nitrogen and oxygen atoms in total. The van der Waals surface area contributed by atoms with Crippen LogP contribution in [0.15, 0.2) is 0 Å². The van der Waals surface area contributed by atoms with Gasteiger partial charge in [0, 0.05) is 32.7 Å². The van der Waals surface area contributed by atoms with Crippen LogP contribution >= 0.6 is 0 Å². The summed E-state index contributed by atoms with van der Waals surface area (Å²) in [6.07, 6.45) is -1.83. The second kappa shape index (κ2) is 9.81. The molecule has 0 unspecified atom stereocenters. The summed E-state index contributed by atoms with van der Waals surface area (Å²) in [7, 11) is 0. The van der Waals surface area contributed by atoms with E-state index in [1.807, 2.05) is 0 Å². The molecule has 0 rings (SSSR count). The Kier molecular flexibility index (Phi) is 25.6. The van der Waals surface area contributed by atoms with Crippen molar-refractivity contribution in [2.24, 2.45) is 0 Å². The largest absolute Gasteiger partial charge is 2.00 e. The fourth-order valence-electron chi connectivity index (χ4n) is 0. The maximum absolute atomic E-state index is 8.56. The zero-order valence-electron chi connectivity index (χ0n) is 5.09. The van der Waals surface area contributed by atoms with E-state index in [1.54, 1.807) is 0 Å². The van der Waals surface area contributed by atoms with E-state index in [0.29, 0.717) is 0 Å². The van der Waals surface area contributed by atoms with E-state index in [0.717, 1.165) is 0 Å². The van der Waals surface area contributed by atoms with Crippen LogP contribution in [-0.4, -0.2) is 54.1 Å². The van der Waals surface area contributed by atoms with Gasteiger partial charge in [0.05, 0.1) is 0 Å². The molecule has 0 aliphatic heterocycles. The first-order chi connectivity index (χ1) is 1.73. The molecule has 5 heteroatoms. The van der Waals surface area contributed by atoms with Gasteiger partial charge in [0.1, 0.15) is 0 Å². The topological polar surface area (TPSA) is 57.5 Å². The average Bonchev–Trinajstić information content (AvgIpc) is 0.811. The van der Waals surface area contributed by atoms with Crippen molar-refractivity contribution in [3.8, 4) is 0 Å². The fraction of sp³-hybridized carbons (Fsp3) is 0. The van der Waals surface area contributed by atoms with E-state index in [2.05, 4.69) is 0 Å². The third-order valence-electron chi connectivity index (χ3n) is 0. The summed E-state index contributed by atoms with van der Waals surface area (Å²) in [6, 6.07) is 0. The number of hydrogen-bond donors (Lipinski definition) is 2. The van der Waals surface area contributed by atoms with Crippen LogP contribution in [0.1, 0.15) is 2.85 Å². The molecule has 0 heterocycles. The normalized spacial score (nSPS) is 4.00. The van der Waals surface area contributed by atoms with Crippen molar-refractivity contribution in [3.05, 3.63) is 0 Å². The summed E-state index contributed by atoms with van der Waals surface area (Å²) < 4.78 is 0. The fourth-order valence-corrected chi connectivity index (χ4v) is 0. The molecule has 0 fully saturated rings. The first-order valence-electron chi connectivity index (χ1n) is 0.651. The Bertz CT molecular complexity index is 40.3. The van der Waals surface area contributed by atoms with Crippen molar-refractivity contribution in [1.82, 2.24) is 0 Å². The van der Waals surface area contributed by atoms with Crippen LogP contribution in [0.25, 0.3) is 0 Å². The van der Waals surface area contributed by atoms with Crippen LogP contribution < -0.4 is 0 Å². The van der Waals surface area contributed by atoms with Crippen LogP contribution in [0.3, 0.4) is 0 Å². The maximum atomic E-state index is 8.56. The molecule has 0 spiro atoms. The minimum atomic E-state index is -1.83. The molecule has 0 atom stereocenters. The Balaban J connectivity index is -0.00000000750. The summed E-state index contributed by atoms with van der Waals surface area (Å²) >= 11 is 0. The number of carboxylic acid groups (broad SMARTS) is 2. The number of carbonyl (C=O) groups is 1. The van der Waals surface area contributed by atoms with Gasteiger partial charge < -0.3 is 13.1 Å². The minimum absolute atomic E-state index is 0. The minimum Gasteiger partial charge on any atom is -1.00 e. The summed E-state index contributed by atoms with van der Waals surface area (Å²) in [5.41, 5.74) is 0. The molecular formula is CH4CaO3Y. The molecule has 0 aromatic carbocycles. The van der Waals surface area contributed by atoms with E-state index in [-0.39, 0.29) is 73.3 Å². The molecule has 0 aliphatic rings. The first kappa shape index (κ1) is 15.6. The van der Waals surface area contributed by atoms with Crippen LogP contribution in [0.2, 0.25) is 0 Å². The Morgan fingerprint density at radius 1 is 1.50 bits per heavy atom. The summed E-state index contributed by atoms with van der Waals surface area (Å²) in [5.74, 6) is 0. The molecule has 0 aliphatic carbocycles. The monoisotopic (exact) mass is 193 g/mol.